The van der Waals surface area contributed by atoms with Crippen molar-refractivity contribution in [3.05, 3.63) is 59.4 Å². The number of carbonyl (C=O) groups excluding carboxylic acids is 1. The van der Waals surface area contributed by atoms with Gasteiger partial charge in [-0.1, -0.05) is 12.1 Å². The highest BCUT2D eigenvalue weighted by Gasteiger charge is 2.23. The van der Waals surface area contributed by atoms with Gasteiger partial charge in [0.2, 0.25) is 15.9 Å². The summed E-state index contributed by atoms with van der Waals surface area (Å²) >= 11 is 0. The number of likely N-dealkylation sites (tertiary alicyclic amines) is 1. The van der Waals surface area contributed by atoms with E-state index < -0.39 is 10.0 Å². The lowest BCUT2D eigenvalue weighted by molar-refractivity contribution is -0.116. The van der Waals surface area contributed by atoms with Crippen molar-refractivity contribution in [3.8, 4) is 0 Å². The highest BCUT2D eigenvalue weighted by atomic mass is 32.2. The number of hydrogen-bond acceptors (Lipinski definition) is 4. The lowest BCUT2D eigenvalue weighted by atomic mass is 9.97. The van der Waals surface area contributed by atoms with Gasteiger partial charge in [0.15, 0.2) is 0 Å². The molecule has 0 radical (unpaired) electrons. The Bertz CT molecular complexity index is 1050. The molecule has 166 valence electrons. The van der Waals surface area contributed by atoms with Crippen molar-refractivity contribution in [1.29, 1.82) is 0 Å². The molecule has 1 amide bonds. The molecular weight excluding hydrogens is 417 g/mol. The third-order valence-electron chi connectivity index (χ3n) is 6.08. The van der Waals surface area contributed by atoms with Crippen LogP contribution in [0.4, 0.5) is 10.1 Å². The number of piperidine rings is 1. The van der Waals surface area contributed by atoms with Gasteiger partial charge in [-0.25, -0.2) is 17.5 Å². The molecule has 0 unspecified atom stereocenters. The van der Waals surface area contributed by atoms with Crippen LogP contribution in [0.1, 0.15) is 36.8 Å². The number of aryl methyl sites for hydroxylation is 1. The maximum absolute atomic E-state index is 13.4. The Morgan fingerprint density at radius 1 is 1.10 bits per heavy atom. The molecule has 1 fully saturated rings. The van der Waals surface area contributed by atoms with Crippen LogP contribution in [-0.4, -0.2) is 38.9 Å². The molecule has 2 aromatic carbocycles. The number of hydrogen-bond donors (Lipinski definition) is 2. The second-order valence-corrected chi connectivity index (χ2v) is 10.2. The van der Waals surface area contributed by atoms with Crippen molar-refractivity contribution < 1.29 is 17.6 Å². The summed E-state index contributed by atoms with van der Waals surface area (Å²) in [6.45, 7) is 2.84. The average Bonchev–Trinajstić information content (AvgIpc) is 2.93. The number of carbonyl (C=O) groups is 1. The van der Waals surface area contributed by atoms with Crippen LogP contribution in [0.2, 0.25) is 0 Å². The molecule has 0 aliphatic carbocycles. The first-order valence-corrected chi connectivity index (χ1v) is 12.3. The molecule has 2 aliphatic heterocycles. The molecule has 2 N–H and O–H groups in total. The number of fused-ring (bicyclic) bond motifs is 1. The number of benzene rings is 2. The van der Waals surface area contributed by atoms with Crippen molar-refractivity contribution in [2.75, 3.05) is 25.0 Å². The first-order valence-electron chi connectivity index (χ1n) is 10.8. The molecule has 0 bridgehead atoms. The minimum absolute atomic E-state index is 0.0313. The molecule has 0 atom stereocenters. The summed E-state index contributed by atoms with van der Waals surface area (Å²) in [7, 11) is -3.60. The van der Waals surface area contributed by atoms with Gasteiger partial charge in [-0.2, -0.15) is 0 Å². The van der Waals surface area contributed by atoms with Gasteiger partial charge >= 0.3 is 0 Å². The molecule has 8 heteroatoms. The van der Waals surface area contributed by atoms with Gasteiger partial charge in [-0.3, -0.25) is 9.69 Å². The third kappa shape index (κ3) is 5.70. The monoisotopic (exact) mass is 445 g/mol. The normalized spacial score (nSPS) is 18.3. The Hall–Kier alpha value is -2.29. The fourth-order valence-corrected chi connectivity index (χ4v) is 5.44. The lowest BCUT2D eigenvalue weighted by Crippen LogP contribution is -2.38. The fourth-order valence-electron chi connectivity index (χ4n) is 4.27. The topological polar surface area (TPSA) is 78.5 Å². The molecule has 1 saturated heterocycles. The molecule has 0 aromatic heterocycles. The van der Waals surface area contributed by atoms with E-state index in [1.807, 2.05) is 6.07 Å². The summed E-state index contributed by atoms with van der Waals surface area (Å²) < 4.78 is 41.7. The van der Waals surface area contributed by atoms with E-state index in [2.05, 4.69) is 14.9 Å². The molecule has 2 aromatic rings. The zero-order chi connectivity index (χ0) is 21.8. The summed E-state index contributed by atoms with van der Waals surface area (Å²) in [4.78, 5) is 14.2. The van der Waals surface area contributed by atoms with Crippen molar-refractivity contribution in [3.63, 3.8) is 0 Å². The standard InChI is InChI=1S/C23H28FN3O3S/c24-20-5-1-3-18(13-20)16-27-11-9-17(10-12-27)15-25-31(29,30)21-7-8-22-19(14-21)4-2-6-23(28)26-22/h1,3,5,7-8,13-14,17,25H,2,4,6,9-12,15-16H2,(H,26,28). The van der Waals surface area contributed by atoms with E-state index in [0.29, 0.717) is 38.0 Å². The van der Waals surface area contributed by atoms with E-state index in [1.165, 1.54) is 6.07 Å². The largest absolute Gasteiger partial charge is 0.326 e. The van der Waals surface area contributed by atoms with Crippen LogP contribution >= 0.6 is 0 Å². The number of rotatable bonds is 6. The van der Waals surface area contributed by atoms with Crippen molar-refractivity contribution in [1.82, 2.24) is 9.62 Å². The summed E-state index contributed by atoms with van der Waals surface area (Å²) in [5.41, 5.74) is 2.52. The zero-order valence-corrected chi connectivity index (χ0v) is 18.3. The van der Waals surface area contributed by atoms with Crippen LogP contribution in [0.3, 0.4) is 0 Å². The number of amides is 1. The smallest absolute Gasteiger partial charge is 0.240 e. The zero-order valence-electron chi connectivity index (χ0n) is 17.4. The Labute approximate surface area is 182 Å². The molecule has 0 spiro atoms. The minimum Gasteiger partial charge on any atom is -0.326 e. The van der Waals surface area contributed by atoms with Crippen LogP contribution in [0.5, 0.6) is 0 Å². The number of anilines is 1. The van der Waals surface area contributed by atoms with Crippen LogP contribution in [0, 0.1) is 11.7 Å². The van der Waals surface area contributed by atoms with Gasteiger partial charge < -0.3 is 5.32 Å². The predicted octanol–water partition coefficient (Wildman–Crippen LogP) is 3.29. The van der Waals surface area contributed by atoms with E-state index in [9.17, 15) is 17.6 Å². The Kier molecular flexibility index (Phi) is 6.69. The summed E-state index contributed by atoms with van der Waals surface area (Å²) in [5.74, 6) is 0.0249. The van der Waals surface area contributed by atoms with Crippen LogP contribution < -0.4 is 10.0 Å². The molecule has 6 nitrogen and oxygen atoms in total. The Morgan fingerprint density at radius 3 is 2.68 bits per heavy atom. The second-order valence-electron chi connectivity index (χ2n) is 8.42. The van der Waals surface area contributed by atoms with E-state index in [0.717, 1.165) is 37.1 Å². The molecule has 31 heavy (non-hydrogen) atoms. The number of sulfonamides is 1. The quantitative estimate of drug-likeness (QED) is 0.715. The van der Waals surface area contributed by atoms with E-state index >= 15 is 0 Å². The maximum Gasteiger partial charge on any atom is 0.240 e. The van der Waals surface area contributed by atoms with Crippen LogP contribution in [-0.2, 0) is 27.8 Å². The highest BCUT2D eigenvalue weighted by molar-refractivity contribution is 7.89. The van der Waals surface area contributed by atoms with Gasteiger partial charge in [-0.05, 0) is 86.1 Å². The summed E-state index contributed by atoms with van der Waals surface area (Å²) in [6, 6.07) is 11.6. The molecular formula is C23H28FN3O3S. The van der Waals surface area contributed by atoms with Gasteiger partial charge in [0.25, 0.3) is 0 Å². The lowest BCUT2D eigenvalue weighted by Gasteiger charge is -2.32. The van der Waals surface area contributed by atoms with Crippen molar-refractivity contribution >= 4 is 21.6 Å². The summed E-state index contributed by atoms with van der Waals surface area (Å²) in [6.07, 6.45) is 3.64. The first kappa shape index (κ1) is 21.9. The van der Waals surface area contributed by atoms with Gasteiger partial charge in [0.1, 0.15) is 5.82 Å². The Morgan fingerprint density at radius 2 is 1.90 bits per heavy atom. The molecule has 0 saturated carbocycles. The minimum atomic E-state index is -3.60. The van der Waals surface area contributed by atoms with E-state index in [1.54, 1.807) is 30.3 Å². The van der Waals surface area contributed by atoms with Crippen LogP contribution in [0.15, 0.2) is 47.4 Å². The number of nitrogens with one attached hydrogen (secondary N) is 2. The predicted molar refractivity (Wildman–Crippen MR) is 118 cm³/mol. The summed E-state index contributed by atoms with van der Waals surface area (Å²) in [5, 5.41) is 2.83. The fraction of sp³-hybridized carbons (Fsp3) is 0.435. The molecule has 2 aliphatic rings. The van der Waals surface area contributed by atoms with E-state index in [-0.39, 0.29) is 22.5 Å². The molecule has 4 rings (SSSR count). The number of nitrogens with zero attached hydrogens (tertiary/aromatic N) is 1. The van der Waals surface area contributed by atoms with Gasteiger partial charge in [0.05, 0.1) is 4.90 Å². The van der Waals surface area contributed by atoms with Gasteiger partial charge in [0, 0.05) is 25.2 Å². The molecule has 2 heterocycles. The number of halogens is 1. The SMILES string of the molecule is O=C1CCCc2cc(S(=O)(=O)NCC3CCN(Cc4cccc(F)c4)CC3)ccc2N1. The van der Waals surface area contributed by atoms with Crippen molar-refractivity contribution in [2.45, 2.75) is 43.5 Å². The Balaban J connectivity index is 1.30. The second kappa shape index (κ2) is 9.46. The van der Waals surface area contributed by atoms with E-state index in [4.69, 9.17) is 0 Å². The van der Waals surface area contributed by atoms with Gasteiger partial charge in [-0.15, -0.1) is 0 Å². The van der Waals surface area contributed by atoms with Crippen molar-refractivity contribution in [2.24, 2.45) is 5.92 Å². The highest BCUT2D eigenvalue weighted by Crippen LogP contribution is 2.25. The first-order chi connectivity index (χ1) is 14.9. The average molecular weight is 446 g/mol. The maximum atomic E-state index is 13.4. The van der Waals surface area contributed by atoms with Crippen LogP contribution in [0.25, 0.3) is 0 Å². The third-order valence-corrected chi connectivity index (χ3v) is 7.50.